The number of allylic oxidation sites excluding steroid dienone is 3. The summed E-state index contributed by atoms with van der Waals surface area (Å²) in [6.07, 6.45) is 48.6. The van der Waals surface area contributed by atoms with Gasteiger partial charge in [-0.1, -0.05) is 235 Å². The van der Waals surface area contributed by atoms with E-state index in [9.17, 15) is 9.59 Å². The predicted molar refractivity (Wildman–Crippen MR) is 450 cm³/mol. The Morgan fingerprint density at radius 3 is 1.28 bits per heavy atom. The molecule has 108 heavy (non-hydrogen) atoms. The van der Waals surface area contributed by atoms with E-state index in [1.807, 2.05) is 44.9 Å². The number of esters is 2. The number of anilines is 1. The van der Waals surface area contributed by atoms with Gasteiger partial charge in [0.15, 0.2) is 0 Å². The van der Waals surface area contributed by atoms with Crippen LogP contribution in [0, 0.1) is 71.0 Å². The second-order valence-corrected chi connectivity index (χ2v) is 33.2. The summed E-state index contributed by atoms with van der Waals surface area (Å²) in [4.78, 5) is 36.8. The SMILES string of the molecule is C1=CC2Cc3ccccc3CC(C1)C2.C=CCC1Cc2ccccc2CC(CC)C1.CCOC(=O)CC1Cc2ccccc2CC(C(=O)OCC)C1.CN.[2H]c1c[nH]c(=NC)nc1N(C)CC.c1ccc2c(c1)CC1CCCC(C2)C1.c1ccc2c(c1)CC1CCCC(C2)C1.c1ccc2c(c1)CC1CCCC(C2)C1. The molecule has 12 atom stereocenters. The molecule has 3 N–H and O–H groups in total. The molecule has 8 bridgehead atoms. The van der Waals surface area contributed by atoms with E-state index in [2.05, 4.69) is 186 Å². The minimum Gasteiger partial charge on any atom is -0.466 e. The van der Waals surface area contributed by atoms with Crippen LogP contribution < -0.4 is 16.3 Å². The predicted octanol–water partition coefficient (Wildman–Crippen LogP) is 21.4. The lowest BCUT2D eigenvalue weighted by atomic mass is 9.80. The number of nitrogens with zero attached hydrogens (tertiary/aromatic N) is 3. The first-order valence-corrected chi connectivity index (χ1v) is 42.6. The summed E-state index contributed by atoms with van der Waals surface area (Å²) in [7, 11) is 5.07. The monoisotopic (exact) mass is 1460 g/mol. The van der Waals surface area contributed by atoms with E-state index in [1.54, 1.807) is 68.9 Å². The third kappa shape index (κ3) is 25.5. The van der Waals surface area contributed by atoms with Crippen molar-refractivity contribution in [2.75, 3.05) is 45.8 Å². The van der Waals surface area contributed by atoms with Gasteiger partial charge < -0.3 is 25.1 Å². The Balaban J connectivity index is 0.000000136. The molecule has 0 aliphatic heterocycles. The molecule has 10 aliphatic carbocycles. The minimum atomic E-state index is -0.186. The van der Waals surface area contributed by atoms with Gasteiger partial charge in [-0.2, -0.15) is 4.98 Å². The first kappa shape index (κ1) is 81.4. The molecule has 3 saturated carbocycles. The summed E-state index contributed by atoms with van der Waals surface area (Å²) in [5, 5.41) is 0. The number of aromatic nitrogens is 2. The maximum atomic E-state index is 12.2. The number of ether oxygens (including phenoxy) is 2. The lowest BCUT2D eigenvalue weighted by molar-refractivity contribution is -0.150. The van der Waals surface area contributed by atoms with Gasteiger partial charge in [-0.3, -0.25) is 14.6 Å². The van der Waals surface area contributed by atoms with Crippen LogP contribution in [0.5, 0.6) is 0 Å². The highest BCUT2D eigenvalue weighted by molar-refractivity contribution is 5.74. The van der Waals surface area contributed by atoms with Crippen LogP contribution in [0.1, 0.15) is 218 Å². The largest absolute Gasteiger partial charge is 0.466 e. The van der Waals surface area contributed by atoms with Crippen LogP contribution >= 0.6 is 0 Å². The van der Waals surface area contributed by atoms with Crippen LogP contribution in [0.15, 0.2) is 188 Å². The number of benzene rings is 6. The molecule has 7 aromatic rings. The number of nitrogens with two attached hydrogens (primary N) is 1. The Bertz CT molecular complexity index is 3760. The molecular weight excluding hydrogens is 1320 g/mol. The molecular formula is C99H135N5O4. The van der Waals surface area contributed by atoms with Crippen molar-refractivity contribution >= 4 is 17.8 Å². The number of hydrogen-bond donors (Lipinski definition) is 2. The topological polar surface area (TPSA) is 123 Å². The molecule has 1 heterocycles. The Hall–Kier alpha value is -7.62. The fourth-order valence-corrected chi connectivity index (χ4v) is 19.9. The van der Waals surface area contributed by atoms with Crippen molar-refractivity contribution in [3.8, 4) is 0 Å². The van der Waals surface area contributed by atoms with Crippen LogP contribution in [0.4, 0.5) is 5.82 Å². The van der Waals surface area contributed by atoms with Crippen LogP contribution in [0.2, 0.25) is 0 Å². The average Bonchev–Trinajstić information content (AvgIpc) is 1.85. The highest BCUT2D eigenvalue weighted by Crippen LogP contribution is 2.42. The molecule has 12 unspecified atom stereocenters. The van der Waals surface area contributed by atoms with Gasteiger partial charge in [0.2, 0.25) is 5.62 Å². The lowest BCUT2D eigenvalue weighted by Gasteiger charge is -2.25. The van der Waals surface area contributed by atoms with Crippen molar-refractivity contribution in [1.29, 1.82) is 0 Å². The van der Waals surface area contributed by atoms with E-state index in [4.69, 9.17) is 10.8 Å². The molecule has 0 saturated heterocycles. The number of carbonyl (C=O) groups excluding carboxylic acids is 2. The maximum absolute atomic E-state index is 12.2. The van der Waals surface area contributed by atoms with Gasteiger partial charge in [-0.15, -0.1) is 6.58 Å². The molecule has 0 radical (unpaired) electrons. The van der Waals surface area contributed by atoms with Gasteiger partial charge in [0.25, 0.3) is 0 Å². The summed E-state index contributed by atoms with van der Waals surface area (Å²) in [6, 6.07) is 53.8. The van der Waals surface area contributed by atoms with Crippen LogP contribution in [-0.2, 0) is 96.1 Å². The van der Waals surface area contributed by atoms with Crippen molar-refractivity contribution < 1.29 is 20.4 Å². The third-order valence-electron chi connectivity index (χ3n) is 25.3. The molecule has 1 aromatic heterocycles. The third-order valence-corrected chi connectivity index (χ3v) is 25.3. The maximum Gasteiger partial charge on any atom is 0.309 e. The molecule has 6 aromatic carbocycles. The van der Waals surface area contributed by atoms with Crippen molar-refractivity contribution in [2.45, 2.75) is 227 Å². The summed E-state index contributed by atoms with van der Waals surface area (Å²) in [5.41, 5.74) is 23.7. The first-order valence-electron chi connectivity index (χ1n) is 43.1. The number of nitrogens with one attached hydrogen (secondary N) is 1. The molecule has 0 spiro atoms. The standard InChI is InChI=1S/C18H24O4.C16H22.3C14H18.C14H16.C8H14N4.CH5N/c1-3-21-17(19)11-13-9-14-7-5-6-8-15(14)12-16(10-13)18(20)22-4-2;1-3-7-14-10-13(4-2)11-15-8-5-6-9-16(15)12-14;4*1-2-7-14-10-12-5-3-4-11(8-12)9-13(14)6-1;1-4-12(3)7-5-6-10-8(9-2)11-7;1-2/h5-8,13,16H,3-4,9-12H2,1-2H3;3,5-6,8-9,13-14H,1,4,7,10-12H2,2H3;3*1-2,6-7,11-12H,3-5,8-10H2;1-4,6-7,11-12H,5,8-10H2;5-6H,4H2,1-3H3,(H,9,10,11);2H2,1H3/i;;;;;;5D;. The number of fused-ring (bicyclic) bond motifs is 14. The summed E-state index contributed by atoms with van der Waals surface area (Å²) >= 11 is 0. The van der Waals surface area contributed by atoms with Crippen molar-refractivity contribution in [1.82, 2.24) is 9.97 Å². The number of carbonyl (C=O) groups is 2. The summed E-state index contributed by atoms with van der Waals surface area (Å²) < 4.78 is 17.9. The first-order chi connectivity index (χ1) is 53.3. The van der Waals surface area contributed by atoms with E-state index >= 15 is 0 Å². The number of rotatable bonds is 10. The molecule has 580 valence electrons. The second kappa shape index (κ2) is 44.3. The van der Waals surface area contributed by atoms with E-state index in [0.717, 1.165) is 72.1 Å². The molecule has 10 aliphatic rings. The smallest absolute Gasteiger partial charge is 0.309 e. The quantitative estimate of drug-likeness (QED) is 0.0794. The molecule has 0 amide bonds. The highest BCUT2D eigenvalue weighted by atomic mass is 16.5. The Morgan fingerprint density at radius 2 is 0.889 bits per heavy atom. The normalized spacial score (nSPS) is 25.0. The fraction of sp³-hybridized carbons (Fsp3) is 0.535. The molecule has 9 nitrogen and oxygen atoms in total. The van der Waals surface area contributed by atoms with E-state index in [1.165, 1.54) is 192 Å². The van der Waals surface area contributed by atoms with Gasteiger partial charge >= 0.3 is 11.9 Å². The molecule has 17 rings (SSSR count). The van der Waals surface area contributed by atoms with E-state index in [-0.39, 0.29) is 23.8 Å². The Labute approximate surface area is 653 Å². The van der Waals surface area contributed by atoms with Crippen LogP contribution in [0.25, 0.3) is 0 Å². The number of hydrogen-bond acceptors (Lipinski definition) is 8. The fourth-order valence-electron chi connectivity index (χ4n) is 19.9. The van der Waals surface area contributed by atoms with Crippen LogP contribution in [-0.4, -0.2) is 62.8 Å². The minimum absolute atomic E-state index is 0.122. The molecule has 9 heteroatoms. The molecule has 3 fully saturated rings. The van der Waals surface area contributed by atoms with Gasteiger partial charge in [-0.25, -0.2) is 0 Å². The van der Waals surface area contributed by atoms with Gasteiger partial charge in [0.1, 0.15) is 5.82 Å². The average molecular weight is 1460 g/mol. The Morgan fingerprint density at radius 1 is 0.509 bits per heavy atom. The number of aromatic amines is 1. The Kier molecular flexibility index (Phi) is 33.4. The van der Waals surface area contributed by atoms with Gasteiger partial charge in [0, 0.05) is 33.3 Å². The lowest BCUT2D eigenvalue weighted by Crippen LogP contribution is -2.23. The van der Waals surface area contributed by atoms with Gasteiger partial charge in [-0.05, 0) is 294 Å². The second-order valence-electron chi connectivity index (χ2n) is 33.2. The zero-order valence-electron chi connectivity index (χ0n) is 68.4. The number of H-pyrrole nitrogens is 1. The zero-order chi connectivity index (χ0) is 76.7. The van der Waals surface area contributed by atoms with Crippen molar-refractivity contribution in [3.63, 3.8) is 0 Å². The van der Waals surface area contributed by atoms with Crippen molar-refractivity contribution in [2.24, 2.45) is 81.7 Å². The van der Waals surface area contributed by atoms with Crippen LogP contribution in [0.3, 0.4) is 0 Å². The van der Waals surface area contributed by atoms with E-state index in [0.29, 0.717) is 50.0 Å². The summed E-state index contributed by atoms with van der Waals surface area (Å²) in [5.74, 6) is 9.65. The van der Waals surface area contributed by atoms with E-state index < -0.39 is 0 Å². The van der Waals surface area contributed by atoms with Gasteiger partial charge in [0.05, 0.1) is 20.5 Å². The zero-order valence-corrected chi connectivity index (χ0v) is 67.4. The highest BCUT2D eigenvalue weighted by Gasteiger charge is 2.33. The summed E-state index contributed by atoms with van der Waals surface area (Å²) in [6.45, 7) is 13.5. The van der Waals surface area contributed by atoms with Crippen molar-refractivity contribution in [3.05, 3.63) is 255 Å².